The fraction of sp³-hybridized carbons (Fsp3) is 0.333. The van der Waals surface area contributed by atoms with Crippen LogP contribution < -0.4 is 21.3 Å². The van der Waals surface area contributed by atoms with Gasteiger partial charge in [-0.1, -0.05) is 6.07 Å². The van der Waals surface area contributed by atoms with Crippen molar-refractivity contribution < 1.29 is 13.6 Å². The minimum atomic E-state index is -0.642. The summed E-state index contributed by atoms with van der Waals surface area (Å²) in [6.07, 6.45) is 1.49. The first-order chi connectivity index (χ1) is 17.3. The molecule has 190 valence electrons. The van der Waals surface area contributed by atoms with Crippen molar-refractivity contribution in [1.29, 1.82) is 0 Å². The summed E-state index contributed by atoms with van der Waals surface area (Å²) in [5, 5.41) is 6.28. The lowest BCUT2D eigenvalue weighted by molar-refractivity contribution is -0.117. The van der Waals surface area contributed by atoms with E-state index in [0.29, 0.717) is 23.1 Å². The minimum Gasteiger partial charge on any atom is -0.380 e. The fourth-order valence-corrected chi connectivity index (χ4v) is 4.33. The van der Waals surface area contributed by atoms with Crippen LogP contribution in [-0.2, 0) is 17.8 Å². The molecule has 1 aliphatic rings. The molecule has 1 amide bonds. The summed E-state index contributed by atoms with van der Waals surface area (Å²) in [4.78, 5) is 20.8. The Hall–Kier alpha value is -3.72. The molecule has 0 saturated carbocycles. The van der Waals surface area contributed by atoms with Crippen LogP contribution in [0.25, 0.3) is 0 Å². The number of hydrogen-bond donors (Lipinski definition) is 3. The molecule has 9 heteroatoms. The Balaban J connectivity index is 1.46. The van der Waals surface area contributed by atoms with Crippen molar-refractivity contribution in [3.63, 3.8) is 0 Å². The van der Waals surface area contributed by atoms with E-state index in [1.807, 2.05) is 12.1 Å². The van der Waals surface area contributed by atoms with E-state index in [1.165, 1.54) is 30.1 Å². The number of carbonyl (C=O) groups is 1. The maximum atomic E-state index is 14.1. The number of pyridine rings is 1. The molecule has 2 heterocycles. The number of rotatable bonds is 9. The lowest BCUT2D eigenvalue weighted by atomic mass is 10.1. The number of nitrogens with zero attached hydrogens (tertiary/aromatic N) is 3. The molecule has 4 N–H and O–H groups in total. The number of aromatic nitrogens is 1. The number of anilines is 4. The number of nitrogens with one attached hydrogen (secondary N) is 2. The third-order valence-electron chi connectivity index (χ3n) is 6.42. The molecule has 4 rings (SSSR count). The summed E-state index contributed by atoms with van der Waals surface area (Å²) in [5.41, 5.74) is 8.37. The van der Waals surface area contributed by atoms with Gasteiger partial charge in [-0.05, 0) is 50.2 Å². The molecule has 0 unspecified atom stereocenters. The van der Waals surface area contributed by atoms with Gasteiger partial charge >= 0.3 is 0 Å². The Bertz CT molecular complexity index is 1170. The van der Waals surface area contributed by atoms with Crippen molar-refractivity contribution in [3.05, 3.63) is 77.5 Å². The van der Waals surface area contributed by atoms with Gasteiger partial charge in [0.15, 0.2) is 0 Å². The smallest absolute Gasteiger partial charge is 0.221 e. The van der Waals surface area contributed by atoms with Crippen LogP contribution in [0.1, 0.15) is 25.0 Å². The molecule has 1 saturated heterocycles. The van der Waals surface area contributed by atoms with Crippen LogP contribution in [0.2, 0.25) is 0 Å². The van der Waals surface area contributed by atoms with Gasteiger partial charge in [0.05, 0.1) is 6.42 Å². The Labute approximate surface area is 210 Å². The molecule has 0 atom stereocenters. The number of primary amides is 1. The van der Waals surface area contributed by atoms with Crippen LogP contribution in [0.3, 0.4) is 0 Å². The second-order valence-electron chi connectivity index (χ2n) is 9.21. The van der Waals surface area contributed by atoms with E-state index in [2.05, 4.69) is 51.4 Å². The van der Waals surface area contributed by atoms with Crippen LogP contribution in [0.4, 0.5) is 31.7 Å². The summed E-state index contributed by atoms with van der Waals surface area (Å²) < 4.78 is 28.1. The molecule has 0 radical (unpaired) electrons. The molecule has 7 nitrogen and oxygen atoms in total. The second kappa shape index (κ2) is 11.3. The highest BCUT2D eigenvalue weighted by molar-refractivity contribution is 5.79. The molecular weight excluding hydrogens is 462 g/mol. The van der Waals surface area contributed by atoms with Gasteiger partial charge in [0.25, 0.3) is 0 Å². The zero-order chi connectivity index (χ0) is 25.7. The predicted molar refractivity (Wildman–Crippen MR) is 139 cm³/mol. The average molecular weight is 495 g/mol. The van der Waals surface area contributed by atoms with Crippen LogP contribution in [0.15, 0.2) is 54.7 Å². The number of amides is 1. The number of benzene rings is 2. The minimum absolute atomic E-state index is 0.0475. The Morgan fingerprint density at radius 2 is 1.72 bits per heavy atom. The topological polar surface area (TPSA) is 86.5 Å². The molecular formula is C27H32F2N6O. The van der Waals surface area contributed by atoms with Crippen LogP contribution in [-0.4, -0.2) is 48.0 Å². The first kappa shape index (κ1) is 25.4. The summed E-state index contributed by atoms with van der Waals surface area (Å²) in [7, 11) is 0. The molecule has 1 fully saturated rings. The molecule has 1 aliphatic heterocycles. The lowest BCUT2D eigenvalue weighted by Gasteiger charge is -2.38. The highest BCUT2D eigenvalue weighted by Gasteiger charge is 2.19. The van der Waals surface area contributed by atoms with E-state index in [4.69, 9.17) is 5.73 Å². The quantitative estimate of drug-likeness (QED) is 0.412. The molecule has 0 aliphatic carbocycles. The van der Waals surface area contributed by atoms with Gasteiger partial charge < -0.3 is 21.3 Å². The normalized spacial score (nSPS) is 14.2. The van der Waals surface area contributed by atoms with E-state index in [0.717, 1.165) is 31.9 Å². The standard InChI is InChI=1S/C27H32F2N6O/c1-18(2)34-10-12-35(13-11-34)21-8-6-20(7-9-21)33-27-15-25(19(16-32-27)14-26(30)36)31-17-22-23(28)4-3-5-24(22)29/h3-9,15-16,18H,10-14,17H2,1-2H3,(H2,30,36)(H2,31,32,33). The maximum absolute atomic E-state index is 14.1. The summed E-state index contributed by atoms with van der Waals surface area (Å²) in [5.74, 6) is -1.28. The van der Waals surface area contributed by atoms with Crippen LogP contribution in [0.5, 0.6) is 0 Å². The molecule has 0 spiro atoms. The van der Waals surface area contributed by atoms with Crippen molar-refractivity contribution >= 4 is 28.8 Å². The zero-order valence-electron chi connectivity index (χ0n) is 20.6. The summed E-state index contributed by atoms with van der Waals surface area (Å²) in [6, 6.07) is 14.1. The largest absolute Gasteiger partial charge is 0.380 e. The maximum Gasteiger partial charge on any atom is 0.221 e. The van der Waals surface area contributed by atoms with Crippen molar-refractivity contribution in [2.75, 3.05) is 41.7 Å². The molecule has 0 bridgehead atoms. The molecule has 2 aromatic carbocycles. The van der Waals surface area contributed by atoms with Gasteiger partial charge in [-0.2, -0.15) is 0 Å². The van der Waals surface area contributed by atoms with E-state index < -0.39 is 17.5 Å². The third-order valence-corrected chi connectivity index (χ3v) is 6.42. The number of hydrogen-bond acceptors (Lipinski definition) is 6. The number of nitrogens with two attached hydrogens (primary N) is 1. The van der Waals surface area contributed by atoms with E-state index in [-0.39, 0.29) is 18.5 Å². The van der Waals surface area contributed by atoms with Crippen molar-refractivity contribution in [1.82, 2.24) is 9.88 Å². The van der Waals surface area contributed by atoms with Gasteiger partial charge in [0.1, 0.15) is 17.5 Å². The zero-order valence-corrected chi connectivity index (χ0v) is 20.6. The van der Waals surface area contributed by atoms with Crippen molar-refractivity contribution in [3.8, 4) is 0 Å². The van der Waals surface area contributed by atoms with Gasteiger partial charge in [0, 0.05) is 79.2 Å². The van der Waals surface area contributed by atoms with Gasteiger partial charge in [-0.25, -0.2) is 13.8 Å². The second-order valence-corrected chi connectivity index (χ2v) is 9.21. The van der Waals surface area contributed by atoms with E-state index in [1.54, 1.807) is 6.07 Å². The van der Waals surface area contributed by atoms with Gasteiger partial charge in [0.2, 0.25) is 5.91 Å². The number of piperazine rings is 1. The Morgan fingerprint density at radius 3 is 2.33 bits per heavy atom. The van der Waals surface area contributed by atoms with Crippen LogP contribution >= 0.6 is 0 Å². The third kappa shape index (κ3) is 6.28. The fourth-order valence-electron chi connectivity index (χ4n) is 4.33. The van der Waals surface area contributed by atoms with Gasteiger partial charge in [-0.15, -0.1) is 0 Å². The molecule has 36 heavy (non-hydrogen) atoms. The van der Waals surface area contributed by atoms with E-state index >= 15 is 0 Å². The number of carbonyl (C=O) groups excluding carboxylic acids is 1. The molecule has 3 aromatic rings. The Kier molecular flexibility index (Phi) is 8.00. The monoisotopic (exact) mass is 494 g/mol. The summed E-state index contributed by atoms with van der Waals surface area (Å²) >= 11 is 0. The van der Waals surface area contributed by atoms with Gasteiger partial charge in [-0.3, -0.25) is 9.69 Å². The van der Waals surface area contributed by atoms with E-state index in [9.17, 15) is 13.6 Å². The average Bonchev–Trinajstić information content (AvgIpc) is 2.85. The van der Waals surface area contributed by atoms with Crippen molar-refractivity contribution in [2.45, 2.75) is 32.9 Å². The lowest BCUT2D eigenvalue weighted by Crippen LogP contribution is -2.48. The first-order valence-corrected chi connectivity index (χ1v) is 12.1. The van der Waals surface area contributed by atoms with Crippen LogP contribution in [0, 0.1) is 11.6 Å². The first-order valence-electron chi connectivity index (χ1n) is 12.1. The molecule has 1 aromatic heterocycles. The SMILES string of the molecule is CC(C)N1CCN(c2ccc(Nc3cc(NCc4c(F)cccc4F)c(CC(N)=O)cn3)cc2)CC1. The number of halogens is 2. The highest BCUT2D eigenvalue weighted by Crippen LogP contribution is 2.26. The highest BCUT2D eigenvalue weighted by atomic mass is 19.1. The van der Waals surface area contributed by atoms with Crippen molar-refractivity contribution in [2.24, 2.45) is 5.73 Å². The summed E-state index contributed by atoms with van der Waals surface area (Å²) in [6.45, 7) is 8.44. The Morgan fingerprint density at radius 1 is 1.06 bits per heavy atom. The predicted octanol–water partition coefficient (Wildman–Crippen LogP) is 4.27.